The SMILES string of the molecule is CNCC1CCN(C(=O)Cc2ccccc2C(F)(F)F)CC1. The molecule has 1 amide bonds. The van der Waals surface area contributed by atoms with Crippen LogP contribution in [0.2, 0.25) is 0 Å². The molecule has 0 saturated carbocycles. The van der Waals surface area contributed by atoms with Crippen molar-refractivity contribution in [1.29, 1.82) is 0 Å². The number of carbonyl (C=O) groups excluding carboxylic acids is 1. The van der Waals surface area contributed by atoms with Crippen LogP contribution in [0.15, 0.2) is 24.3 Å². The van der Waals surface area contributed by atoms with E-state index in [2.05, 4.69) is 5.32 Å². The third-order valence-corrected chi connectivity index (χ3v) is 4.12. The Labute approximate surface area is 128 Å². The molecule has 1 aromatic carbocycles. The number of benzene rings is 1. The van der Waals surface area contributed by atoms with E-state index in [0.29, 0.717) is 19.0 Å². The third-order valence-electron chi connectivity index (χ3n) is 4.12. The van der Waals surface area contributed by atoms with E-state index in [1.165, 1.54) is 18.2 Å². The van der Waals surface area contributed by atoms with Crippen LogP contribution >= 0.6 is 0 Å². The second-order valence-electron chi connectivity index (χ2n) is 5.71. The Morgan fingerprint density at radius 3 is 2.50 bits per heavy atom. The summed E-state index contributed by atoms with van der Waals surface area (Å²) >= 11 is 0. The molecule has 0 aliphatic carbocycles. The molecule has 0 bridgehead atoms. The molecule has 3 nitrogen and oxygen atoms in total. The monoisotopic (exact) mass is 314 g/mol. The lowest BCUT2D eigenvalue weighted by atomic mass is 9.96. The first-order valence-electron chi connectivity index (χ1n) is 7.49. The summed E-state index contributed by atoms with van der Waals surface area (Å²) < 4.78 is 38.8. The van der Waals surface area contributed by atoms with Crippen LogP contribution in [0.1, 0.15) is 24.0 Å². The fraction of sp³-hybridized carbons (Fsp3) is 0.562. The van der Waals surface area contributed by atoms with E-state index >= 15 is 0 Å². The van der Waals surface area contributed by atoms with Crippen molar-refractivity contribution in [2.45, 2.75) is 25.4 Å². The molecular formula is C16H21F3N2O. The first-order valence-corrected chi connectivity index (χ1v) is 7.49. The molecule has 1 aliphatic rings. The molecule has 1 heterocycles. The van der Waals surface area contributed by atoms with Crippen LogP contribution in [0.25, 0.3) is 0 Å². The Morgan fingerprint density at radius 1 is 1.27 bits per heavy atom. The Hall–Kier alpha value is -1.56. The van der Waals surface area contributed by atoms with Crippen LogP contribution in [0.4, 0.5) is 13.2 Å². The van der Waals surface area contributed by atoms with Gasteiger partial charge in [0.2, 0.25) is 5.91 Å². The summed E-state index contributed by atoms with van der Waals surface area (Å²) in [6, 6.07) is 5.30. The molecule has 0 atom stereocenters. The van der Waals surface area contributed by atoms with E-state index in [-0.39, 0.29) is 17.9 Å². The van der Waals surface area contributed by atoms with Gasteiger partial charge in [0.15, 0.2) is 0 Å². The predicted octanol–water partition coefficient (Wildman–Crippen LogP) is 2.71. The molecule has 1 saturated heterocycles. The number of carbonyl (C=O) groups is 1. The Morgan fingerprint density at radius 2 is 1.91 bits per heavy atom. The standard InChI is InChI=1S/C16H21F3N2O/c1-20-11-12-6-8-21(9-7-12)15(22)10-13-4-2-3-5-14(13)16(17,18)19/h2-5,12,20H,6-11H2,1H3. The summed E-state index contributed by atoms with van der Waals surface area (Å²) in [6.45, 7) is 2.16. The number of hydrogen-bond donors (Lipinski definition) is 1. The molecule has 1 N–H and O–H groups in total. The van der Waals surface area contributed by atoms with E-state index in [0.717, 1.165) is 25.5 Å². The van der Waals surface area contributed by atoms with Crippen LogP contribution in [0.3, 0.4) is 0 Å². The van der Waals surface area contributed by atoms with E-state index in [9.17, 15) is 18.0 Å². The predicted molar refractivity (Wildman–Crippen MR) is 78.4 cm³/mol. The van der Waals surface area contributed by atoms with E-state index in [1.807, 2.05) is 7.05 Å². The molecule has 1 fully saturated rings. The van der Waals surface area contributed by atoms with Crippen molar-refractivity contribution < 1.29 is 18.0 Å². The maximum absolute atomic E-state index is 12.9. The van der Waals surface area contributed by atoms with E-state index in [4.69, 9.17) is 0 Å². The lowest BCUT2D eigenvalue weighted by Gasteiger charge is -2.32. The fourth-order valence-electron chi connectivity index (χ4n) is 2.90. The van der Waals surface area contributed by atoms with Crippen molar-refractivity contribution in [2.24, 2.45) is 5.92 Å². The summed E-state index contributed by atoms with van der Waals surface area (Å²) in [4.78, 5) is 13.9. The first kappa shape index (κ1) is 16.8. The van der Waals surface area contributed by atoms with Gasteiger partial charge in [-0.2, -0.15) is 13.2 Å². The summed E-state index contributed by atoms with van der Waals surface area (Å²) in [5, 5.41) is 3.12. The van der Waals surface area contributed by atoms with Gasteiger partial charge in [0.05, 0.1) is 12.0 Å². The molecule has 0 aromatic heterocycles. The smallest absolute Gasteiger partial charge is 0.342 e. The van der Waals surface area contributed by atoms with Crippen molar-refractivity contribution in [3.8, 4) is 0 Å². The zero-order valence-corrected chi connectivity index (χ0v) is 12.6. The van der Waals surface area contributed by atoms with Crippen molar-refractivity contribution in [1.82, 2.24) is 10.2 Å². The number of nitrogens with zero attached hydrogens (tertiary/aromatic N) is 1. The number of halogens is 3. The molecule has 0 spiro atoms. The van der Waals surface area contributed by atoms with Gasteiger partial charge in [0.1, 0.15) is 0 Å². The minimum absolute atomic E-state index is 0.0531. The normalized spacial score (nSPS) is 16.8. The van der Waals surface area contributed by atoms with Gasteiger partial charge in [-0.15, -0.1) is 0 Å². The number of amides is 1. The second kappa shape index (κ2) is 7.13. The largest absolute Gasteiger partial charge is 0.416 e. The topological polar surface area (TPSA) is 32.3 Å². The average Bonchev–Trinajstić information content (AvgIpc) is 2.48. The Bertz CT molecular complexity index is 508. The highest BCUT2D eigenvalue weighted by Gasteiger charge is 2.34. The summed E-state index contributed by atoms with van der Waals surface area (Å²) in [7, 11) is 1.89. The lowest BCUT2D eigenvalue weighted by Crippen LogP contribution is -2.41. The van der Waals surface area contributed by atoms with Crippen molar-refractivity contribution in [2.75, 3.05) is 26.7 Å². The summed E-state index contributed by atoms with van der Waals surface area (Å²) in [5.74, 6) is 0.316. The molecule has 22 heavy (non-hydrogen) atoms. The zero-order chi connectivity index (χ0) is 16.2. The fourth-order valence-corrected chi connectivity index (χ4v) is 2.90. The quantitative estimate of drug-likeness (QED) is 0.927. The van der Waals surface area contributed by atoms with Crippen molar-refractivity contribution in [3.63, 3.8) is 0 Å². The minimum Gasteiger partial charge on any atom is -0.342 e. The second-order valence-corrected chi connectivity index (χ2v) is 5.71. The van der Waals surface area contributed by atoms with Gasteiger partial charge >= 0.3 is 6.18 Å². The number of hydrogen-bond acceptors (Lipinski definition) is 2. The molecule has 0 radical (unpaired) electrons. The molecule has 0 unspecified atom stereocenters. The number of nitrogens with one attached hydrogen (secondary N) is 1. The molecule has 1 aliphatic heterocycles. The molecular weight excluding hydrogens is 293 g/mol. The average molecular weight is 314 g/mol. The minimum atomic E-state index is -4.42. The maximum Gasteiger partial charge on any atom is 0.416 e. The van der Waals surface area contributed by atoms with E-state index < -0.39 is 11.7 Å². The van der Waals surface area contributed by atoms with E-state index in [1.54, 1.807) is 4.90 Å². The lowest BCUT2D eigenvalue weighted by molar-refractivity contribution is -0.138. The van der Waals surface area contributed by atoms with Gasteiger partial charge in [-0.1, -0.05) is 18.2 Å². The number of rotatable bonds is 4. The molecule has 1 aromatic rings. The Kier molecular flexibility index (Phi) is 5.45. The number of likely N-dealkylation sites (tertiary alicyclic amines) is 1. The first-order chi connectivity index (χ1) is 10.4. The van der Waals surface area contributed by atoms with Crippen molar-refractivity contribution in [3.05, 3.63) is 35.4 Å². The van der Waals surface area contributed by atoms with Gasteiger partial charge in [0, 0.05) is 13.1 Å². The number of piperidine rings is 1. The van der Waals surface area contributed by atoms with Gasteiger partial charge in [0.25, 0.3) is 0 Å². The maximum atomic E-state index is 12.9. The molecule has 122 valence electrons. The van der Waals surface area contributed by atoms with Crippen LogP contribution in [0.5, 0.6) is 0 Å². The van der Waals surface area contributed by atoms with Gasteiger partial charge in [-0.3, -0.25) is 4.79 Å². The highest BCUT2D eigenvalue weighted by molar-refractivity contribution is 5.79. The highest BCUT2D eigenvalue weighted by atomic mass is 19.4. The van der Waals surface area contributed by atoms with Gasteiger partial charge in [-0.05, 0) is 44.0 Å². The summed E-state index contributed by atoms with van der Waals surface area (Å²) in [6.07, 6.45) is -2.82. The third kappa shape index (κ3) is 4.22. The van der Waals surface area contributed by atoms with Gasteiger partial charge < -0.3 is 10.2 Å². The molecule has 6 heteroatoms. The van der Waals surface area contributed by atoms with Crippen LogP contribution in [-0.2, 0) is 17.4 Å². The van der Waals surface area contributed by atoms with Crippen LogP contribution < -0.4 is 5.32 Å². The van der Waals surface area contributed by atoms with Crippen LogP contribution in [0, 0.1) is 5.92 Å². The van der Waals surface area contributed by atoms with Crippen LogP contribution in [-0.4, -0.2) is 37.5 Å². The molecule has 2 rings (SSSR count). The Balaban J connectivity index is 1.99. The van der Waals surface area contributed by atoms with Gasteiger partial charge in [-0.25, -0.2) is 0 Å². The zero-order valence-electron chi connectivity index (χ0n) is 12.6. The number of alkyl halides is 3. The summed E-state index contributed by atoms with van der Waals surface area (Å²) in [5.41, 5.74) is -0.661. The highest BCUT2D eigenvalue weighted by Crippen LogP contribution is 2.32. The van der Waals surface area contributed by atoms with Crippen molar-refractivity contribution >= 4 is 5.91 Å².